The van der Waals surface area contributed by atoms with Crippen molar-refractivity contribution < 1.29 is 22.8 Å². The van der Waals surface area contributed by atoms with Crippen LogP contribution in [0.3, 0.4) is 0 Å². The molecule has 0 atom stereocenters. The number of hydrogen-bond acceptors (Lipinski definition) is 3. The molecule has 1 aliphatic heterocycles. The number of benzene rings is 1. The van der Waals surface area contributed by atoms with E-state index in [0.29, 0.717) is 38.9 Å². The minimum Gasteiger partial charge on any atom is -0.352 e. The van der Waals surface area contributed by atoms with Gasteiger partial charge in [0.25, 0.3) is 5.91 Å². The Kier molecular flexibility index (Phi) is 7.69. The fourth-order valence-electron chi connectivity index (χ4n) is 2.56. The molecule has 0 saturated carbocycles. The molecule has 0 bridgehead atoms. The van der Waals surface area contributed by atoms with E-state index in [-0.39, 0.29) is 29.6 Å². The van der Waals surface area contributed by atoms with Gasteiger partial charge >= 0.3 is 6.18 Å². The summed E-state index contributed by atoms with van der Waals surface area (Å²) in [6, 6.07) is 3.05. The van der Waals surface area contributed by atoms with Crippen LogP contribution in [0, 0.1) is 0 Å². The molecule has 9 heteroatoms. The van der Waals surface area contributed by atoms with Gasteiger partial charge in [-0.2, -0.15) is 13.2 Å². The molecule has 1 heterocycles. The standard InChI is InChI=1S/C16H20F3N3O2.ClH/c17-16(18,19)12-8-11(15(24)21-6-2-1-5-20)9-13(10-12)22-7-3-4-14(22)23;/h8-10H,1-7,20H2,(H,21,24);1H. The maximum absolute atomic E-state index is 13.1. The van der Waals surface area contributed by atoms with Crippen LogP contribution in [0.15, 0.2) is 18.2 Å². The molecular formula is C16H21ClF3N3O2. The van der Waals surface area contributed by atoms with E-state index < -0.39 is 17.6 Å². The van der Waals surface area contributed by atoms with Crippen molar-refractivity contribution in [3.05, 3.63) is 29.3 Å². The first-order chi connectivity index (χ1) is 11.3. The molecule has 140 valence electrons. The molecule has 1 aromatic rings. The lowest BCUT2D eigenvalue weighted by molar-refractivity contribution is -0.137. The zero-order valence-corrected chi connectivity index (χ0v) is 14.4. The summed E-state index contributed by atoms with van der Waals surface area (Å²) in [6.07, 6.45) is -2.32. The van der Waals surface area contributed by atoms with Crippen molar-refractivity contribution in [2.24, 2.45) is 5.73 Å². The molecule has 25 heavy (non-hydrogen) atoms. The molecule has 2 amide bonds. The smallest absolute Gasteiger partial charge is 0.352 e. The normalized spacial score (nSPS) is 14.4. The predicted octanol–water partition coefficient (Wildman–Crippen LogP) is 2.72. The monoisotopic (exact) mass is 379 g/mol. The predicted molar refractivity (Wildman–Crippen MR) is 90.9 cm³/mol. The molecule has 0 aromatic heterocycles. The second-order valence-corrected chi connectivity index (χ2v) is 5.67. The average Bonchev–Trinajstić information content (AvgIpc) is 2.96. The van der Waals surface area contributed by atoms with Gasteiger partial charge in [0.2, 0.25) is 5.91 Å². The van der Waals surface area contributed by atoms with Crippen molar-refractivity contribution in [2.75, 3.05) is 24.5 Å². The van der Waals surface area contributed by atoms with Gasteiger partial charge in [0.1, 0.15) is 0 Å². The Labute approximate surface area is 150 Å². The summed E-state index contributed by atoms with van der Waals surface area (Å²) in [7, 11) is 0. The first-order valence-electron chi connectivity index (χ1n) is 7.84. The Hall–Kier alpha value is -1.80. The van der Waals surface area contributed by atoms with Crippen LogP contribution in [-0.2, 0) is 11.0 Å². The number of rotatable bonds is 6. The second-order valence-electron chi connectivity index (χ2n) is 5.67. The van der Waals surface area contributed by atoms with Crippen LogP contribution in [0.2, 0.25) is 0 Å². The zero-order valence-electron chi connectivity index (χ0n) is 13.6. The lowest BCUT2D eigenvalue weighted by Gasteiger charge is -2.19. The Morgan fingerprint density at radius 2 is 1.96 bits per heavy atom. The number of nitrogens with one attached hydrogen (secondary N) is 1. The van der Waals surface area contributed by atoms with Crippen molar-refractivity contribution in [1.29, 1.82) is 0 Å². The summed E-state index contributed by atoms with van der Waals surface area (Å²) in [4.78, 5) is 25.2. The minimum absolute atomic E-state index is 0. The summed E-state index contributed by atoms with van der Waals surface area (Å²) in [5.41, 5.74) is 4.42. The van der Waals surface area contributed by atoms with Gasteiger partial charge in [-0.25, -0.2) is 0 Å². The lowest BCUT2D eigenvalue weighted by atomic mass is 10.1. The molecule has 0 unspecified atom stereocenters. The Morgan fingerprint density at radius 1 is 1.24 bits per heavy atom. The zero-order chi connectivity index (χ0) is 17.7. The molecular weight excluding hydrogens is 359 g/mol. The van der Waals surface area contributed by atoms with Crippen LogP contribution < -0.4 is 16.0 Å². The molecule has 1 aromatic carbocycles. The lowest BCUT2D eigenvalue weighted by Crippen LogP contribution is -2.27. The first-order valence-corrected chi connectivity index (χ1v) is 7.84. The highest BCUT2D eigenvalue weighted by atomic mass is 35.5. The first kappa shape index (κ1) is 21.2. The number of alkyl halides is 3. The summed E-state index contributed by atoms with van der Waals surface area (Å²) >= 11 is 0. The number of carbonyl (C=O) groups is 2. The highest BCUT2D eigenvalue weighted by Gasteiger charge is 2.33. The quantitative estimate of drug-likeness (QED) is 0.746. The van der Waals surface area contributed by atoms with E-state index in [0.717, 1.165) is 18.6 Å². The van der Waals surface area contributed by atoms with Crippen LogP contribution >= 0.6 is 12.4 Å². The van der Waals surface area contributed by atoms with E-state index in [1.165, 1.54) is 11.0 Å². The van der Waals surface area contributed by atoms with Gasteiger partial charge in [0.15, 0.2) is 0 Å². The summed E-state index contributed by atoms with van der Waals surface area (Å²) in [5.74, 6) is -0.824. The maximum atomic E-state index is 13.1. The third-order valence-corrected chi connectivity index (χ3v) is 3.81. The van der Waals surface area contributed by atoms with Crippen molar-refractivity contribution in [2.45, 2.75) is 31.9 Å². The van der Waals surface area contributed by atoms with E-state index in [1.54, 1.807) is 0 Å². The number of nitrogens with zero attached hydrogens (tertiary/aromatic N) is 1. The highest BCUT2D eigenvalue weighted by Crippen LogP contribution is 2.34. The van der Waals surface area contributed by atoms with Gasteiger partial charge in [0.05, 0.1) is 5.56 Å². The molecule has 0 aliphatic carbocycles. The van der Waals surface area contributed by atoms with Crippen molar-refractivity contribution in [3.8, 4) is 0 Å². The number of amides is 2. The SMILES string of the molecule is Cl.NCCCCNC(=O)c1cc(N2CCCC2=O)cc(C(F)(F)F)c1. The third kappa shape index (κ3) is 5.61. The molecule has 5 nitrogen and oxygen atoms in total. The molecule has 2 rings (SSSR count). The Morgan fingerprint density at radius 3 is 2.52 bits per heavy atom. The van der Waals surface area contributed by atoms with Gasteiger partial charge in [-0.05, 0) is 44.0 Å². The van der Waals surface area contributed by atoms with Crippen molar-refractivity contribution in [1.82, 2.24) is 5.32 Å². The minimum atomic E-state index is -4.59. The second kappa shape index (κ2) is 9.05. The van der Waals surface area contributed by atoms with E-state index >= 15 is 0 Å². The van der Waals surface area contributed by atoms with Gasteiger partial charge in [-0.3, -0.25) is 9.59 Å². The Balaban J connectivity index is 0.00000312. The maximum Gasteiger partial charge on any atom is 0.416 e. The molecule has 1 fully saturated rings. The van der Waals surface area contributed by atoms with Crippen LogP contribution in [0.4, 0.5) is 18.9 Å². The van der Waals surface area contributed by atoms with Crippen molar-refractivity contribution >= 4 is 29.9 Å². The van der Waals surface area contributed by atoms with Crippen molar-refractivity contribution in [3.63, 3.8) is 0 Å². The fourth-order valence-corrected chi connectivity index (χ4v) is 2.56. The van der Waals surface area contributed by atoms with Gasteiger partial charge in [0, 0.05) is 30.8 Å². The molecule has 0 radical (unpaired) electrons. The molecule has 1 aliphatic rings. The third-order valence-electron chi connectivity index (χ3n) is 3.81. The summed E-state index contributed by atoms with van der Waals surface area (Å²) in [6.45, 7) is 1.18. The molecule has 3 N–H and O–H groups in total. The fraction of sp³-hybridized carbons (Fsp3) is 0.500. The summed E-state index contributed by atoms with van der Waals surface area (Å²) < 4.78 is 39.3. The average molecular weight is 380 g/mol. The number of halogens is 4. The molecule has 1 saturated heterocycles. The van der Waals surface area contributed by atoms with Crippen LogP contribution in [0.25, 0.3) is 0 Å². The number of unbranched alkanes of at least 4 members (excludes halogenated alkanes) is 1. The molecule has 0 spiro atoms. The van der Waals surface area contributed by atoms with Gasteiger partial charge in [-0.1, -0.05) is 0 Å². The van der Waals surface area contributed by atoms with Gasteiger partial charge in [-0.15, -0.1) is 12.4 Å². The topological polar surface area (TPSA) is 75.4 Å². The number of carbonyl (C=O) groups excluding carboxylic acids is 2. The number of hydrogen-bond donors (Lipinski definition) is 2. The largest absolute Gasteiger partial charge is 0.416 e. The van der Waals surface area contributed by atoms with E-state index in [9.17, 15) is 22.8 Å². The van der Waals surface area contributed by atoms with Crippen LogP contribution in [0.1, 0.15) is 41.6 Å². The van der Waals surface area contributed by atoms with Crippen LogP contribution in [-0.4, -0.2) is 31.4 Å². The summed E-state index contributed by atoms with van der Waals surface area (Å²) in [5, 5.41) is 2.58. The highest BCUT2D eigenvalue weighted by molar-refractivity contribution is 5.99. The Bertz CT molecular complexity index is 623. The van der Waals surface area contributed by atoms with E-state index in [2.05, 4.69) is 5.32 Å². The van der Waals surface area contributed by atoms with Gasteiger partial charge < -0.3 is 16.0 Å². The van der Waals surface area contributed by atoms with Crippen LogP contribution in [0.5, 0.6) is 0 Å². The van der Waals surface area contributed by atoms with E-state index in [1.807, 2.05) is 0 Å². The number of nitrogens with two attached hydrogens (primary N) is 1. The number of anilines is 1. The van der Waals surface area contributed by atoms with E-state index in [4.69, 9.17) is 5.73 Å².